The molecule has 0 aliphatic rings. The zero-order valence-electron chi connectivity index (χ0n) is 12.7. The Bertz CT molecular complexity index is 640. The fraction of sp³-hybridized carbons (Fsp3) is 0.250. The number of furan rings is 1. The lowest BCUT2D eigenvalue weighted by molar-refractivity contribution is -0.127. The minimum absolute atomic E-state index is 0.130. The van der Waals surface area contributed by atoms with Crippen LogP contribution in [0.5, 0.6) is 11.5 Å². The van der Waals surface area contributed by atoms with Crippen molar-refractivity contribution in [1.29, 1.82) is 0 Å². The first kappa shape index (κ1) is 16.4. The minimum Gasteiger partial charge on any atom is -0.493 e. The standard InChI is InChI=1S/C16H18N2O5/c1-21-13-6-2-3-7-14(13)23-11-16(20)18-10-15(19)17-9-12-5-4-8-22-12/h2-8H,9-11H2,1H3,(H,17,19)(H,18,20). The summed E-state index contributed by atoms with van der Waals surface area (Å²) in [7, 11) is 1.52. The van der Waals surface area contributed by atoms with Crippen molar-refractivity contribution in [2.75, 3.05) is 20.3 Å². The highest BCUT2D eigenvalue weighted by atomic mass is 16.5. The molecule has 1 heterocycles. The summed E-state index contributed by atoms with van der Waals surface area (Å²) in [6, 6.07) is 10.5. The number of hydrogen-bond acceptors (Lipinski definition) is 5. The third kappa shape index (κ3) is 5.39. The molecule has 0 saturated carbocycles. The molecule has 122 valence electrons. The molecule has 0 spiro atoms. The molecule has 0 aliphatic heterocycles. The number of nitrogens with one attached hydrogen (secondary N) is 2. The van der Waals surface area contributed by atoms with Crippen LogP contribution in [0, 0.1) is 0 Å². The Morgan fingerprint density at radius 3 is 2.52 bits per heavy atom. The second kappa shape index (κ2) is 8.47. The molecule has 7 nitrogen and oxygen atoms in total. The Balaban J connectivity index is 1.67. The summed E-state index contributed by atoms with van der Waals surface area (Å²) in [4.78, 5) is 23.3. The topological polar surface area (TPSA) is 89.8 Å². The number of rotatable bonds is 8. The van der Waals surface area contributed by atoms with Crippen LogP contribution in [-0.2, 0) is 16.1 Å². The molecule has 0 atom stereocenters. The first-order valence-electron chi connectivity index (χ1n) is 7.00. The van der Waals surface area contributed by atoms with E-state index in [1.807, 2.05) is 0 Å². The van der Waals surface area contributed by atoms with Crippen LogP contribution in [0.25, 0.3) is 0 Å². The van der Waals surface area contributed by atoms with Crippen LogP contribution < -0.4 is 20.1 Å². The van der Waals surface area contributed by atoms with E-state index in [0.29, 0.717) is 17.3 Å². The molecule has 0 fully saturated rings. The summed E-state index contributed by atoms with van der Waals surface area (Å²) in [5.74, 6) is 0.934. The number of carbonyl (C=O) groups is 2. The summed E-state index contributed by atoms with van der Waals surface area (Å²) in [6.45, 7) is -0.0555. The van der Waals surface area contributed by atoms with E-state index in [0.717, 1.165) is 0 Å². The van der Waals surface area contributed by atoms with Gasteiger partial charge in [-0.2, -0.15) is 0 Å². The Morgan fingerprint density at radius 2 is 1.83 bits per heavy atom. The summed E-state index contributed by atoms with van der Waals surface area (Å²) >= 11 is 0. The van der Waals surface area contributed by atoms with Crippen molar-refractivity contribution in [2.24, 2.45) is 0 Å². The summed E-state index contributed by atoms with van der Waals surface area (Å²) in [6.07, 6.45) is 1.53. The highest BCUT2D eigenvalue weighted by Crippen LogP contribution is 2.25. The molecule has 1 aromatic carbocycles. The molecule has 0 unspecified atom stereocenters. The quantitative estimate of drug-likeness (QED) is 0.761. The van der Waals surface area contributed by atoms with Gasteiger partial charge in [-0.05, 0) is 24.3 Å². The van der Waals surface area contributed by atoms with Crippen molar-refractivity contribution in [2.45, 2.75) is 6.54 Å². The summed E-state index contributed by atoms with van der Waals surface area (Å²) in [5.41, 5.74) is 0. The van der Waals surface area contributed by atoms with Gasteiger partial charge < -0.3 is 24.5 Å². The monoisotopic (exact) mass is 318 g/mol. The number of benzene rings is 1. The van der Waals surface area contributed by atoms with Gasteiger partial charge in [0.2, 0.25) is 5.91 Å². The van der Waals surface area contributed by atoms with Crippen molar-refractivity contribution in [3.05, 3.63) is 48.4 Å². The maximum atomic E-state index is 11.7. The normalized spacial score (nSPS) is 9.96. The van der Waals surface area contributed by atoms with E-state index in [9.17, 15) is 9.59 Å². The molecular formula is C16H18N2O5. The molecule has 7 heteroatoms. The van der Waals surface area contributed by atoms with Crippen molar-refractivity contribution in [1.82, 2.24) is 10.6 Å². The van der Waals surface area contributed by atoms with E-state index in [-0.39, 0.29) is 25.6 Å². The molecule has 0 saturated heterocycles. The fourth-order valence-electron chi connectivity index (χ4n) is 1.77. The Hall–Kier alpha value is -2.96. The number of hydrogen-bond donors (Lipinski definition) is 2. The predicted molar refractivity (Wildman–Crippen MR) is 82.1 cm³/mol. The van der Waals surface area contributed by atoms with Crippen LogP contribution in [0.2, 0.25) is 0 Å². The highest BCUT2D eigenvalue weighted by Gasteiger charge is 2.09. The van der Waals surface area contributed by atoms with Crippen LogP contribution in [0.4, 0.5) is 0 Å². The molecule has 23 heavy (non-hydrogen) atoms. The van der Waals surface area contributed by atoms with Gasteiger partial charge in [0, 0.05) is 0 Å². The van der Waals surface area contributed by atoms with E-state index >= 15 is 0 Å². The number of amides is 2. The highest BCUT2D eigenvalue weighted by molar-refractivity contribution is 5.85. The molecule has 2 amide bonds. The maximum absolute atomic E-state index is 11.7. The molecule has 2 N–H and O–H groups in total. The van der Waals surface area contributed by atoms with Crippen molar-refractivity contribution in [3.8, 4) is 11.5 Å². The van der Waals surface area contributed by atoms with Crippen molar-refractivity contribution in [3.63, 3.8) is 0 Å². The average Bonchev–Trinajstić information content (AvgIpc) is 3.10. The van der Waals surface area contributed by atoms with Gasteiger partial charge in [-0.15, -0.1) is 0 Å². The van der Waals surface area contributed by atoms with Crippen molar-refractivity contribution < 1.29 is 23.5 Å². The number of para-hydroxylation sites is 2. The van der Waals surface area contributed by atoms with Crippen LogP contribution in [-0.4, -0.2) is 32.1 Å². The molecular weight excluding hydrogens is 300 g/mol. The molecule has 0 bridgehead atoms. The van der Waals surface area contributed by atoms with Crippen LogP contribution in [0.3, 0.4) is 0 Å². The maximum Gasteiger partial charge on any atom is 0.258 e. The second-order valence-electron chi connectivity index (χ2n) is 4.57. The minimum atomic E-state index is -0.399. The lowest BCUT2D eigenvalue weighted by Crippen LogP contribution is -2.38. The smallest absolute Gasteiger partial charge is 0.258 e. The van der Waals surface area contributed by atoms with E-state index in [4.69, 9.17) is 13.9 Å². The van der Waals surface area contributed by atoms with Gasteiger partial charge in [0.15, 0.2) is 18.1 Å². The van der Waals surface area contributed by atoms with Gasteiger partial charge in [-0.25, -0.2) is 0 Å². The zero-order valence-corrected chi connectivity index (χ0v) is 12.7. The zero-order chi connectivity index (χ0) is 16.5. The van der Waals surface area contributed by atoms with Gasteiger partial charge >= 0.3 is 0 Å². The third-order valence-corrected chi connectivity index (χ3v) is 2.91. The predicted octanol–water partition coefficient (Wildman–Crippen LogP) is 1.10. The van der Waals surface area contributed by atoms with E-state index in [2.05, 4.69) is 10.6 Å². The molecule has 0 radical (unpaired) electrons. The van der Waals surface area contributed by atoms with Crippen LogP contribution in [0.1, 0.15) is 5.76 Å². The van der Waals surface area contributed by atoms with Gasteiger partial charge in [0.05, 0.1) is 26.5 Å². The van der Waals surface area contributed by atoms with Gasteiger partial charge in [0.25, 0.3) is 5.91 Å². The van der Waals surface area contributed by atoms with Crippen LogP contribution in [0.15, 0.2) is 47.1 Å². The third-order valence-electron chi connectivity index (χ3n) is 2.91. The number of carbonyl (C=O) groups excluding carboxylic acids is 2. The lowest BCUT2D eigenvalue weighted by atomic mass is 10.3. The largest absolute Gasteiger partial charge is 0.493 e. The van der Waals surface area contributed by atoms with Crippen molar-refractivity contribution >= 4 is 11.8 Å². The molecule has 2 rings (SSSR count). The average molecular weight is 318 g/mol. The van der Waals surface area contributed by atoms with E-state index < -0.39 is 5.91 Å². The Kier molecular flexibility index (Phi) is 6.05. The first-order chi connectivity index (χ1) is 11.2. The fourth-order valence-corrected chi connectivity index (χ4v) is 1.77. The van der Waals surface area contributed by atoms with Gasteiger partial charge in [0.1, 0.15) is 5.76 Å². The number of methoxy groups -OCH3 is 1. The molecule has 1 aromatic heterocycles. The second-order valence-corrected chi connectivity index (χ2v) is 4.57. The Morgan fingerprint density at radius 1 is 1.04 bits per heavy atom. The van der Waals surface area contributed by atoms with Crippen LogP contribution >= 0.6 is 0 Å². The van der Waals surface area contributed by atoms with Gasteiger partial charge in [-0.1, -0.05) is 12.1 Å². The summed E-state index contributed by atoms with van der Waals surface area (Å²) in [5, 5.41) is 5.10. The van der Waals surface area contributed by atoms with E-state index in [1.165, 1.54) is 13.4 Å². The number of ether oxygens (including phenoxy) is 2. The van der Waals surface area contributed by atoms with E-state index in [1.54, 1.807) is 36.4 Å². The SMILES string of the molecule is COc1ccccc1OCC(=O)NCC(=O)NCc1ccco1. The Labute approximate surface area is 133 Å². The summed E-state index contributed by atoms with van der Waals surface area (Å²) < 4.78 is 15.6. The lowest BCUT2D eigenvalue weighted by Gasteiger charge is -2.10. The molecule has 2 aromatic rings. The van der Waals surface area contributed by atoms with Gasteiger partial charge in [-0.3, -0.25) is 9.59 Å². The first-order valence-corrected chi connectivity index (χ1v) is 7.00. The molecule has 0 aliphatic carbocycles.